The number of aromatic nitrogens is 4. The first-order valence-electron chi connectivity index (χ1n) is 8.61. The quantitative estimate of drug-likeness (QED) is 0.537. The zero-order valence-corrected chi connectivity index (χ0v) is 14.6. The Kier molecular flexibility index (Phi) is 4.66. The van der Waals surface area contributed by atoms with Gasteiger partial charge in [-0.2, -0.15) is 5.10 Å². The zero-order valence-electron chi connectivity index (χ0n) is 14.6. The Morgan fingerprint density at radius 3 is 2.88 bits per heavy atom. The van der Waals surface area contributed by atoms with Gasteiger partial charge in [-0.25, -0.2) is 4.98 Å². The molecule has 6 heteroatoms. The van der Waals surface area contributed by atoms with E-state index in [4.69, 9.17) is 4.42 Å². The summed E-state index contributed by atoms with van der Waals surface area (Å²) in [5, 5.41) is 10.7. The third kappa shape index (κ3) is 3.75. The molecule has 0 amide bonds. The summed E-state index contributed by atoms with van der Waals surface area (Å²) in [6, 6.07) is 12.5. The van der Waals surface area contributed by atoms with E-state index in [1.54, 1.807) is 6.20 Å². The Labute approximate surface area is 151 Å². The van der Waals surface area contributed by atoms with Crippen LogP contribution >= 0.6 is 0 Å². The Hall–Kier alpha value is -3.12. The predicted molar refractivity (Wildman–Crippen MR) is 99.3 cm³/mol. The van der Waals surface area contributed by atoms with E-state index in [1.807, 2.05) is 37.8 Å². The van der Waals surface area contributed by atoms with Crippen LogP contribution < -0.4 is 5.32 Å². The number of nitrogens with zero attached hydrogens (tertiary/aromatic N) is 3. The molecule has 0 spiro atoms. The van der Waals surface area contributed by atoms with Crippen LogP contribution in [0.2, 0.25) is 0 Å². The van der Waals surface area contributed by atoms with E-state index in [0.29, 0.717) is 0 Å². The summed E-state index contributed by atoms with van der Waals surface area (Å²) < 4.78 is 7.76. The molecule has 1 aromatic carbocycles. The minimum Gasteiger partial charge on any atom is -0.460 e. The van der Waals surface area contributed by atoms with Gasteiger partial charge in [0, 0.05) is 37.6 Å². The number of hydrogen-bond acceptors (Lipinski definition) is 4. The Balaban J connectivity index is 1.37. The van der Waals surface area contributed by atoms with Gasteiger partial charge in [0.1, 0.15) is 11.5 Å². The van der Waals surface area contributed by atoms with E-state index in [9.17, 15) is 0 Å². The predicted octanol–water partition coefficient (Wildman–Crippen LogP) is 3.51. The summed E-state index contributed by atoms with van der Waals surface area (Å²) in [5.74, 6) is 1.71. The third-order valence-corrected chi connectivity index (χ3v) is 4.26. The fraction of sp³-hybridized carbons (Fsp3) is 0.200. The minimum atomic E-state index is 0.720. The van der Waals surface area contributed by atoms with Gasteiger partial charge in [-0.1, -0.05) is 24.3 Å². The third-order valence-electron chi connectivity index (χ3n) is 4.26. The molecule has 0 bridgehead atoms. The van der Waals surface area contributed by atoms with Gasteiger partial charge in [-0.3, -0.25) is 5.10 Å². The topological polar surface area (TPSA) is 71.7 Å². The van der Waals surface area contributed by atoms with E-state index in [1.165, 1.54) is 11.1 Å². The lowest BCUT2D eigenvalue weighted by Gasteiger charge is -2.08. The SMILES string of the molecule is Cc1ccc(-c2[nH]ncc2CNCc2cccc(Cn3ccnc3)c2)o1. The lowest BCUT2D eigenvalue weighted by molar-refractivity contribution is 0.545. The van der Waals surface area contributed by atoms with Gasteiger partial charge in [-0.15, -0.1) is 0 Å². The highest BCUT2D eigenvalue weighted by atomic mass is 16.3. The maximum Gasteiger partial charge on any atom is 0.152 e. The molecule has 2 N–H and O–H groups in total. The molecule has 0 unspecified atom stereocenters. The van der Waals surface area contributed by atoms with Gasteiger partial charge in [0.05, 0.1) is 12.5 Å². The molecule has 3 heterocycles. The van der Waals surface area contributed by atoms with Crippen LogP contribution in [0.1, 0.15) is 22.5 Å². The number of hydrogen-bond donors (Lipinski definition) is 2. The van der Waals surface area contributed by atoms with E-state index < -0.39 is 0 Å². The summed E-state index contributed by atoms with van der Waals surface area (Å²) in [5.41, 5.74) is 4.53. The minimum absolute atomic E-state index is 0.720. The molecule has 26 heavy (non-hydrogen) atoms. The van der Waals surface area contributed by atoms with Crippen molar-refractivity contribution in [2.75, 3.05) is 0 Å². The lowest BCUT2D eigenvalue weighted by Crippen LogP contribution is -2.13. The fourth-order valence-electron chi connectivity index (χ4n) is 3.00. The summed E-state index contributed by atoms with van der Waals surface area (Å²) in [4.78, 5) is 4.09. The van der Waals surface area contributed by atoms with Crippen LogP contribution in [0.5, 0.6) is 0 Å². The Bertz CT molecular complexity index is 968. The molecule has 0 radical (unpaired) electrons. The molecule has 0 atom stereocenters. The molecule has 4 rings (SSSR count). The normalized spacial score (nSPS) is 11.1. The molecule has 0 saturated carbocycles. The van der Waals surface area contributed by atoms with Crippen molar-refractivity contribution < 1.29 is 4.42 Å². The number of aromatic amines is 1. The second-order valence-corrected chi connectivity index (χ2v) is 6.34. The average Bonchev–Trinajstić information content (AvgIpc) is 3.37. The average molecular weight is 347 g/mol. The molecule has 0 saturated heterocycles. The number of rotatable bonds is 7. The van der Waals surface area contributed by atoms with Crippen LogP contribution in [0.25, 0.3) is 11.5 Å². The molecular formula is C20H21N5O. The van der Waals surface area contributed by atoms with E-state index in [0.717, 1.165) is 42.4 Å². The molecule has 6 nitrogen and oxygen atoms in total. The molecule has 0 aliphatic rings. The molecule has 0 aliphatic carbocycles. The summed E-state index contributed by atoms with van der Waals surface area (Å²) in [6.07, 6.45) is 7.45. The van der Waals surface area contributed by atoms with E-state index >= 15 is 0 Å². The van der Waals surface area contributed by atoms with Crippen LogP contribution in [-0.4, -0.2) is 19.7 Å². The second kappa shape index (κ2) is 7.41. The van der Waals surface area contributed by atoms with Crippen LogP contribution in [-0.2, 0) is 19.6 Å². The lowest BCUT2D eigenvalue weighted by atomic mass is 10.1. The van der Waals surface area contributed by atoms with Crippen molar-refractivity contribution >= 4 is 0 Å². The molecule has 4 aromatic rings. The van der Waals surface area contributed by atoms with Crippen molar-refractivity contribution in [3.05, 3.63) is 83.8 Å². The molecule has 0 aliphatic heterocycles. The summed E-state index contributed by atoms with van der Waals surface area (Å²) in [7, 11) is 0. The van der Waals surface area contributed by atoms with Crippen LogP contribution in [0.3, 0.4) is 0 Å². The van der Waals surface area contributed by atoms with Crippen LogP contribution in [0.15, 0.2) is 65.7 Å². The van der Waals surface area contributed by atoms with Crippen molar-refractivity contribution in [3.8, 4) is 11.5 Å². The van der Waals surface area contributed by atoms with Crippen molar-refractivity contribution in [3.63, 3.8) is 0 Å². The highest BCUT2D eigenvalue weighted by Crippen LogP contribution is 2.23. The first kappa shape index (κ1) is 16.4. The molecule has 132 valence electrons. The number of benzene rings is 1. The van der Waals surface area contributed by atoms with Crippen molar-refractivity contribution in [1.82, 2.24) is 25.1 Å². The largest absolute Gasteiger partial charge is 0.460 e. The number of nitrogens with one attached hydrogen (secondary N) is 2. The number of furan rings is 1. The summed E-state index contributed by atoms with van der Waals surface area (Å²) >= 11 is 0. The van der Waals surface area contributed by atoms with Crippen molar-refractivity contribution in [2.24, 2.45) is 0 Å². The fourth-order valence-corrected chi connectivity index (χ4v) is 3.00. The van der Waals surface area contributed by atoms with Gasteiger partial charge in [-0.05, 0) is 30.2 Å². The Morgan fingerprint density at radius 2 is 2.08 bits per heavy atom. The first-order valence-corrected chi connectivity index (χ1v) is 8.61. The monoisotopic (exact) mass is 347 g/mol. The molecular weight excluding hydrogens is 326 g/mol. The van der Waals surface area contributed by atoms with Gasteiger partial charge in [0.25, 0.3) is 0 Å². The maximum atomic E-state index is 5.69. The molecule has 0 fully saturated rings. The van der Waals surface area contributed by atoms with Gasteiger partial charge >= 0.3 is 0 Å². The van der Waals surface area contributed by atoms with E-state index in [-0.39, 0.29) is 0 Å². The number of H-pyrrole nitrogens is 1. The van der Waals surface area contributed by atoms with Crippen molar-refractivity contribution in [2.45, 2.75) is 26.6 Å². The van der Waals surface area contributed by atoms with Crippen LogP contribution in [0.4, 0.5) is 0 Å². The van der Waals surface area contributed by atoms with Gasteiger partial charge in [0.15, 0.2) is 5.76 Å². The number of aryl methyl sites for hydroxylation is 1. The smallest absolute Gasteiger partial charge is 0.152 e. The zero-order chi connectivity index (χ0) is 17.8. The van der Waals surface area contributed by atoms with Gasteiger partial charge < -0.3 is 14.3 Å². The molecule has 3 aromatic heterocycles. The maximum absolute atomic E-state index is 5.69. The first-order chi connectivity index (χ1) is 12.8. The Morgan fingerprint density at radius 1 is 1.15 bits per heavy atom. The highest BCUT2D eigenvalue weighted by molar-refractivity contribution is 5.56. The standard InChI is InChI=1S/C20H21N5O/c1-15-5-6-19(26-15)20-18(12-23-24-20)11-22-10-16-3-2-4-17(9-16)13-25-8-7-21-14-25/h2-9,12,14,22H,10-11,13H2,1H3,(H,23,24). The second-order valence-electron chi connectivity index (χ2n) is 6.34. The summed E-state index contributed by atoms with van der Waals surface area (Å²) in [6.45, 7) is 4.28. The van der Waals surface area contributed by atoms with Crippen molar-refractivity contribution in [1.29, 1.82) is 0 Å². The number of imidazole rings is 1. The highest BCUT2D eigenvalue weighted by Gasteiger charge is 2.10. The van der Waals surface area contributed by atoms with Gasteiger partial charge in [0.2, 0.25) is 0 Å². The van der Waals surface area contributed by atoms with Crippen LogP contribution in [0, 0.1) is 6.92 Å². The van der Waals surface area contributed by atoms with E-state index in [2.05, 4.69) is 49.3 Å².